The first kappa shape index (κ1) is 19.4. The maximum atomic E-state index is 9.18. The standard InChI is InChI=1S/C22H17IN8/c1-13-28-29-22-17(23)12-30(16-5-2-14(9-24)3-6-16)20-8-15(4-7-19(20)31(13)22)18-10-27-21(25)11-26-18/h2-8,10-11,17H,12H2,1H3,(H2,25,27)/t17-/m1/s1. The van der Waals surface area contributed by atoms with Crippen LogP contribution < -0.4 is 10.6 Å². The van der Waals surface area contributed by atoms with E-state index in [0.29, 0.717) is 17.9 Å². The second-order valence-electron chi connectivity index (χ2n) is 7.21. The van der Waals surface area contributed by atoms with Crippen LogP contribution in [0.3, 0.4) is 0 Å². The number of rotatable bonds is 2. The summed E-state index contributed by atoms with van der Waals surface area (Å²) in [7, 11) is 0. The monoisotopic (exact) mass is 520 g/mol. The molecule has 0 bridgehead atoms. The highest BCUT2D eigenvalue weighted by atomic mass is 127. The SMILES string of the molecule is Cc1nnc2n1-c1ccc(-c3cnc(N)cn3)cc1N(c1ccc(C#N)cc1)C[C@H]2I. The number of nitriles is 1. The van der Waals surface area contributed by atoms with E-state index < -0.39 is 0 Å². The van der Waals surface area contributed by atoms with Gasteiger partial charge in [0.25, 0.3) is 0 Å². The van der Waals surface area contributed by atoms with Crippen molar-refractivity contribution >= 4 is 39.8 Å². The van der Waals surface area contributed by atoms with Gasteiger partial charge in [0, 0.05) is 17.8 Å². The molecular formula is C22H17IN8. The van der Waals surface area contributed by atoms with Gasteiger partial charge in [-0.1, -0.05) is 28.7 Å². The summed E-state index contributed by atoms with van der Waals surface area (Å²) in [5.41, 5.74) is 11.0. The second-order valence-corrected chi connectivity index (χ2v) is 8.71. The summed E-state index contributed by atoms with van der Waals surface area (Å²) in [6.45, 7) is 2.66. The maximum absolute atomic E-state index is 9.18. The van der Waals surface area contributed by atoms with E-state index in [9.17, 15) is 5.26 Å². The molecule has 0 radical (unpaired) electrons. The number of alkyl halides is 1. The molecule has 5 rings (SSSR count). The van der Waals surface area contributed by atoms with Crippen LogP contribution in [0.25, 0.3) is 16.9 Å². The Morgan fingerprint density at radius 1 is 1.06 bits per heavy atom. The first-order valence-electron chi connectivity index (χ1n) is 9.61. The van der Waals surface area contributed by atoms with Gasteiger partial charge in [0.15, 0.2) is 5.82 Å². The first-order chi connectivity index (χ1) is 15.0. The minimum atomic E-state index is 0.113. The van der Waals surface area contributed by atoms with Crippen molar-refractivity contribution in [3.05, 3.63) is 72.1 Å². The molecule has 0 aliphatic carbocycles. The summed E-state index contributed by atoms with van der Waals surface area (Å²) >= 11 is 2.41. The quantitative estimate of drug-likeness (QED) is 0.313. The number of benzene rings is 2. The van der Waals surface area contributed by atoms with Crippen LogP contribution in [0, 0.1) is 18.3 Å². The summed E-state index contributed by atoms with van der Waals surface area (Å²) in [4.78, 5) is 10.9. The molecule has 0 fully saturated rings. The third-order valence-electron chi connectivity index (χ3n) is 5.26. The van der Waals surface area contributed by atoms with Gasteiger partial charge in [-0.05, 0) is 43.3 Å². The second kappa shape index (κ2) is 7.63. The Bertz CT molecular complexity index is 1310. The predicted molar refractivity (Wildman–Crippen MR) is 126 cm³/mol. The lowest BCUT2D eigenvalue weighted by atomic mass is 10.1. The van der Waals surface area contributed by atoms with Crippen molar-refractivity contribution in [2.45, 2.75) is 10.8 Å². The highest BCUT2D eigenvalue weighted by molar-refractivity contribution is 14.1. The summed E-state index contributed by atoms with van der Waals surface area (Å²) in [5, 5.41) is 17.9. The Kier molecular flexibility index (Phi) is 4.78. The molecule has 1 atom stereocenters. The lowest BCUT2D eigenvalue weighted by Gasteiger charge is -2.26. The van der Waals surface area contributed by atoms with E-state index in [-0.39, 0.29) is 3.92 Å². The number of aryl methyl sites for hydroxylation is 1. The molecule has 0 amide bonds. The number of fused-ring (bicyclic) bond motifs is 3. The molecule has 1 aliphatic rings. The van der Waals surface area contributed by atoms with E-state index in [1.807, 2.05) is 37.3 Å². The van der Waals surface area contributed by atoms with Crippen LogP contribution in [0.1, 0.15) is 21.1 Å². The molecule has 2 aromatic carbocycles. The fraction of sp³-hybridized carbons (Fsp3) is 0.136. The number of anilines is 3. The van der Waals surface area contributed by atoms with E-state index in [4.69, 9.17) is 5.73 Å². The van der Waals surface area contributed by atoms with Crippen molar-refractivity contribution in [3.8, 4) is 23.0 Å². The molecular weight excluding hydrogens is 503 g/mol. The Morgan fingerprint density at radius 2 is 1.87 bits per heavy atom. The average Bonchev–Trinajstić information content (AvgIpc) is 3.13. The third kappa shape index (κ3) is 3.38. The molecule has 0 unspecified atom stereocenters. The smallest absolute Gasteiger partial charge is 0.152 e. The van der Waals surface area contributed by atoms with Crippen LogP contribution in [-0.4, -0.2) is 31.3 Å². The maximum Gasteiger partial charge on any atom is 0.152 e. The zero-order valence-electron chi connectivity index (χ0n) is 16.6. The van der Waals surface area contributed by atoms with Crippen LogP contribution in [0.4, 0.5) is 17.2 Å². The fourth-order valence-electron chi connectivity index (χ4n) is 3.76. The lowest BCUT2D eigenvalue weighted by Crippen LogP contribution is -2.21. The molecule has 3 heterocycles. The van der Waals surface area contributed by atoms with Crippen LogP contribution in [0.15, 0.2) is 54.9 Å². The third-order valence-corrected chi connectivity index (χ3v) is 6.21. The van der Waals surface area contributed by atoms with E-state index in [1.165, 1.54) is 0 Å². The van der Waals surface area contributed by atoms with Gasteiger partial charge in [-0.3, -0.25) is 9.55 Å². The molecule has 2 N–H and O–H groups in total. The van der Waals surface area contributed by atoms with Crippen LogP contribution in [0.5, 0.6) is 0 Å². The van der Waals surface area contributed by atoms with Gasteiger partial charge in [-0.25, -0.2) is 4.98 Å². The molecule has 0 saturated heterocycles. The summed E-state index contributed by atoms with van der Waals surface area (Å²) in [5.74, 6) is 2.13. The minimum Gasteiger partial charge on any atom is -0.382 e. The van der Waals surface area contributed by atoms with Crippen molar-refractivity contribution in [3.63, 3.8) is 0 Å². The number of hydrogen-bond acceptors (Lipinski definition) is 7. The average molecular weight is 520 g/mol. The van der Waals surface area contributed by atoms with E-state index in [0.717, 1.165) is 40.0 Å². The normalized spacial score (nSPS) is 15.0. The molecule has 152 valence electrons. The van der Waals surface area contributed by atoms with Crippen LogP contribution >= 0.6 is 22.6 Å². The van der Waals surface area contributed by atoms with Gasteiger partial charge in [-0.15, -0.1) is 10.2 Å². The van der Waals surface area contributed by atoms with Gasteiger partial charge in [0.05, 0.1) is 45.0 Å². The number of nitrogens with two attached hydrogens (primary N) is 1. The number of halogens is 1. The number of nitrogens with zero attached hydrogens (tertiary/aromatic N) is 7. The molecule has 31 heavy (non-hydrogen) atoms. The number of aromatic nitrogens is 5. The molecule has 0 spiro atoms. The summed E-state index contributed by atoms with van der Waals surface area (Å²) in [6, 6.07) is 16.0. The molecule has 2 aromatic heterocycles. The van der Waals surface area contributed by atoms with Crippen LogP contribution in [0.2, 0.25) is 0 Å². The molecule has 1 aliphatic heterocycles. The predicted octanol–water partition coefficient (Wildman–Crippen LogP) is 4.11. The Labute approximate surface area is 192 Å². The van der Waals surface area contributed by atoms with E-state index >= 15 is 0 Å². The largest absolute Gasteiger partial charge is 0.382 e. The number of hydrogen-bond donors (Lipinski definition) is 1. The van der Waals surface area contributed by atoms with Crippen molar-refractivity contribution in [1.29, 1.82) is 5.26 Å². The van der Waals surface area contributed by atoms with Crippen molar-refractivity contribution in [2.75, 3.05) is 17.2 Å². The zero-order valence-corrected chi connectivity index (χ0v) is 18.7. The minimum absolute atomic E-state index is 0.113. The molecule has 4 aromatic rings. The molecule has 9 heteroatoms. The van der Waals surface area contributed by atoms with Crippen LogP contribution in [-0.2, 0) is 0 Å². The van der Waals surface area contributed by atoms with Gasteiger partial charge in [0.2, 0.25) is 0 Å². The zero-order chi connectivity index (χ0) is 21.5. The van der Waals surface area contributed by atoms with E-state index in [2.05, 4.69) is 70.4 Å². The van der Waals surface area contributed by atoms with Gasteiger partial charge >= 0.3 is 0 Å². The first-order valence-corrected chi connectivity index (χ1v) is 10.9. The number of nitrogen functional groups attached to an aromatic ring is 1. The van der Waals surface area contributed by atoms with Crippen molar-refractivity contribution in [1.82, 2.24) is 24.7 Å². The van der Waals surface area contributed by atoms with Crippen molar-refractivity contribution in [2.24, 2.45) is 0 Å². The molecule has 8 nitrogen and oxygen atoms in total. The Morgan fingerprint density at radius 3 is 2.58 bits per heavy atom. The lowest BCUT2D eigenvalue weighted by molar-refractivity contribution is 0.842. The Balaban J connectivity index is 1.72. The summed E-state index contributed by atoms with van der Waals surface area (Å²) < 4.78 is 2.22. The fourth-order valence-corrected chi connectivity index (χ4v) is 4.55. The van der Waals surface area contributed by atoms with Gasteiger partial charge in [0.1, 0.15) is 11.6 Å². The van der Waals surface area contributed by atoms with Gasteiger partial charge in [-0.2, -0.15) is 5.26 Å². The van der Waals surface area contributed by atoms with E-state index in [1.54, 1.807) is 12.4 Å². The van der Waals surface area contributed by atoms with Gasteiger partial charge < -0.3 is 10.6 Å². The highest BCUT2D eigenvalue weighted by Gasteiger charge is 2.29. The van der Waals surface area contributed by atoms with Crippen molar-refractivity contribution < 1.29 is 0 Å². The highest BCUT2D eigenvalue weighted by Crippen LogP contribution is 2.41. The summed E-state index contributed by atoms with van der Waals surface area (Å²) in [6.07, 6.45) is 3.23. The molecule has 0 saturated carbocycles. The Hall–Kier alpha value is -3.52. The topological polar surface area (TPSA) is 110 Å².